The SMILES string of the molecule is CCOC(=O)N1CCN(C(=O)[C@H](CCSC)n2cccc2)CC1. The average molecular weight is 339 g/mol. The first-order valence-corrected chi connectivity index (χ1v) is 9.38. The highest BCUT2D eigenvalue weighted by atomic mass is 32.2. The zero-order chi connectivity index (χ0) is 16.7. The van der Waals surface area contributed by atoms with Crippen molar-refractivity contribution in [2.24, 2.45) is 0 Å². The second-order valence-corrected chi connectivity index (χ2v) is 6.42. The number of hydrogen-bond acceptors (Lipinski definition) is 4. The lowest BCUT2D eigenvalue weighted by molar-refractivity contribution is -0.136. The second kappa shape index (κ2) is 8.86. The minimum absolute atomic E-state index is 0.138. The van der Waals surface area contributed by atoms with E-state index in [4.69, 9.17) is 4.74 Å². The van der Waals surface area contributed by atoms with E-state index in [0.717, 1.165) is 12.2 Å². The highest BCUT2D eigenvalue weighted by molar-refractivity contribution is 7.98. The topological polar surface area (TPSA) is 54.8 Å². The molecule has 0 radical (unpaired) electrons. The second-order valence-electron chi connectivity index (χ2n) is 5.44. The average Bonchev–Trinajstić information content (AvgIpc) is 3.09. The van der Waals surface area contributed by atoms with E-state index in [0.29, 0.717) is 32.8 Å². The van der Waals surface area contributed by atoms with Gasteiger partial charge in [0.15, 0.2) is 0 Å². The number of aromatic nitrogens is 1. The molecule has 2 rings (SSSR count). The van der Waals surface area contributed by atoms with Crippen molar-refractivity contribution in [3.05, 3.63) is 24.5 Å². The molecule has 128 valence electrons. The van der Waals surface area contributed by atoms with Crippen LogP contribution in [-0.2, 0) is 9.53 Å². The summed E-state index contributed by atoms with van der Waals surface area (Å²) >= 11 is 1.75. The Balaban J connectivity index is 1.95. The molecule has 0 aliphatic carbocycles. The maximum atomic E-state index is 12.9. The van der Waals surface area contributed by atoms with Gasteiger partial charge in [-0.15, -0.1) is 0 Å². The number of carbonyl (C=O) groups excluding carboxylic acids is 2. The molecule has 0 spiro atoms. The quantitative estimate of drug-likeness (QED) is 0.796. The lowest BCUT2D eigenvalue weighted by Crippen LogP contribution is -2.52. The largest absolute Gasteiger partial charge is 0.450 e. The molecule has 1 aliphatic heterocycles. The van der Waals surface area contributed by atoms with E-state index in [1.165, 1.54) is 0 Å². The maximum absolute atomic E-state index is 12.9. The van der Waals surface area contributed by atoms with Gasteiger partial charge in [-0.05, 0) is 37.5 Å². The van der Waals surface area contributed by atoms with Crippen molar-refractivity contribution in [1.29, 1.82) is 0 Å². The summed E-state index contributed by atoms with van der Waals surface area (Å²) in [6.07, 6.45) is 6.46. The summed E-state index contributed by atoms with van der Waals surface area (Å²) < 4.78 is 7.00. The fourth-order valence-electron chi connectivity index (χ4n) is 2.72. The van der Waals surface area contributed by atoms with Gasteiger partial charge in [0, 0.05) is 38.6 Å². The molecule has 7 heteroatoms. The molecular weight excluding hydrogens is 314 g/mol. The fourth-order valence-corrected chi connectivity index (χ4v) is 3.18. The Morgan fingerprint density at radius 3 is 2.30 bits per heavy atom. The zero-order valence-electron chi connectivity index (χ0n) is 13.8. The molecule has 0 bridgehead atoms. The first-order chi connectivity index (χ1) is 11.2. The first-order valence-electron chi connectivity index (χ1n) is 7.99. The summed E-state index contributed by atoms with van der Waals surface area (Å²) in [5.41, 5.74) is 0. The van der Waals surface area contributed by atoms with Crippen LogP contribution in [0.2, 0.25) is 0 Å². The molecule has 2 amide bonds. The predicted octanol–water partition coefficient (Wildman–Crippen LogP) is 2.08. The fraction of sp³-hybridized carbons (Fsp3) is 0.625. The van der Waals surface area contributed by atoms with Crippen molar-refractivity contribution in [3.8, 4) is 0 Å². The number of rotatable bonds is 6. The van der Waals surface area contributed by atoms with Crippen molar-refractivity contribution < 1.29 is 14.3 Å². The molecule has 23 heavy (non-hydrogen) atoms. The summed E-state index contributed by atoms with van der Waals surface area (Å²) in [4.78, 5) is 28.1. The number of ether oxygens (including phenoxy) is 1. The van der Waals surface area contributed by atoms with Crippen LogP contribution in [0.4, 0.5) is 4.79 Å². The third kappa shape index (κ3) is 4.67. The van der Waals surface area contributed by atoms with E-state index >= 15 is 0 Å². The van der Waals surface area contributed by atoms with Gasteiger partial charge in [-0.25, -0.2) is 4.79 Å². The van der Waals surface area contributed by atoms with Gasteiger partial charge >= 0.3 is 6.09 Å². The molecule has 1 saturated heterocycles. The molecule has 2 heterocycles. The van der Waals surface area contributed by atoms with Crippen LogP contribution >= 0.6 is 11.8 Å². The molecule has 0 unspecified atom stereocenters. The van der Waals surface area contributed by atoms with Crippen LogP contribution in [0.5, 0.6) is 0 Å². The Morgan fingerprint density at radius 2 is 1.74 bits per heavy atom. The Kier molecular flexibility index (Phi) is 6.83. The standard InChI is InChI=1S/C16H25N3O3S/c1-3-22-16(21)19-11-9-18(10-12-19)15(20)14(6-13-23-2)17-7-4-5-8-17/h4-5,7-8,14H,3,6,9-13H2,1-2H3/t14-/m0/s1. The Hall–Kier alpha value is -1.63. The van der Waals surface area contributed by atoms with Gasteiger partial charge in [0.2, 0.25) is 5.91 Å². The van der Waals surface area contributed by atoms with Crippen LogP contribution in [0, 0.1) is 0 Å². The number of piperazine rings is 1. The summed E-state index contributed by atoms with van der Waals surface area (Å²) in [6.45, 7) is 4.37. The van der Waals surface area contributed by atoms with Gasteiger partial charge < -0.3 is 19.1 Å². The van der Waals surface area contributed by atoms with E-state index in [1.54, 1.807) is 23.6 Å². The van der Waals surface area contributed by atoms with Crippen LogP contribution in [0.15, 0.2) is 24.5 Å². The molecule has 6 nitrogen and oxygen atoms in total. The maximum Gasteiger partial charge on any atom is 0.409 e. The predicted molar refractivity (Wildman–Crippen MR) is 91.6 cm³/mol. The third-order valence-electron chi connectivity index (χ3n) is 3.99. The third-order valence-corrected chi connectivity index (χ3v) is 4.63. The number of hydrogen-bond donors (Lipinski definition) is 0. The number of amides is 2. The number of nitrogens with zero attached hydrogens (tertiary/aromatic N) is 3. The first kappa shape index (κ1) is 17.7. The highest BCUT2D eigenvalue weighted by Gasteiger charge is 2.29. The minimum atomic E-state index is -0.288. The Morgan fingerprint density at radius 1 is 1.13 bits per heavy atom. The Labute approximate surface area is 141 Å². The molecule has 1 fully saturated rings. The summed E-state index contributed by atoms with van der Waals surface area (Å²) in [6, 6.07) is 3.72. The van der Waals surface area contributed by atoms with Gasteiger partial charge in [0.05, 0.1) is 6.61 Å². The van der Waals surface area contributed by atoms with E-state index < -0.39 is 0 Å². The number of carbonyl (C=O) groups is 2. The van der Waals surface area contributed by atoms with Crippen molar-refractivity contribution in [2.45, 2.75) is 19.4 Å². The zero-order valence-corrected chi connectivity index (χ0v) is 14.6. The van der Waals surface area contributed by atoms with Crippen LogP contribution in [0.25, 0.3) is 0 Å². The Bertz CT molecular complexity index is 499. The minimum Gasteiger partial charge on any atom is -0.450 e. The molecule has 1 aromatic heterocycles. The van der Waals surface area contributed by atoms with Crippen molar-refractivity contribution in [1.82, 2.24) is 14.4 Å². The van der Waals surface area contributed by atoms with Crippen LogP contribution in [0.1, 0.15) is 19.4 Å². The summed E-state index contributed by atoms with van der Waals surface area (Å²) in [7, 11) is 0. The van der Waals surface area contributed by atoms with E-state index in [9.17, 15) is 9.59 Å². The van der Waals surface area contributed by atoms with Crippen LogP contribution < -0.4 is 0 Å². The van der Waals surface area contributed by atoms with Gasteiger partial charge in [-0.1, -0.05) is 0 Å². The van der Waals surface area contributed by atoms with Crippen LogP contribution in [-0.4, -0.2) is 71.2 Å². The molecule has 0 saturated carbocycles. The van der Waals surface area contributed by atoms with Gasteiger partial charge in [-0.2, -0.15) is 11.8 Å². The highest BCUT2D eigenvalue weighted by Crippen LogP contribution is 2.19. The summed E-state index contributed by atoms with van der Waals surface area (Å²) in [5, 5.41) is 0. The van der Waals surface area contributed by atoms with Gasteiger partial charge in [-0.3, -0.25) is 4.79 Å². The molecule has 0 N–H and O–H groups in total. The van der Waals surface area contributed by atoms with Crippen molar-refractivity contribution >= 4 is 23.8 Å². The van der Waals surface area contributed by atoms with Gasteiger partial charge in [0.1, 0.15) is 6.04 Å². The molecule has 0 aromatic carbocycles. The molecular formula is C16H25N3O3S. The lowest BCUT2D eigenvalue weighted by Gasteiger charge is -2.36. The smallest absolute Gasteiger partial charge is 0.409 e. The van der Waals surface area contributed by atoms with E-state index in [2.05, 4.69) is 6.26 Å². The van der Waals surface area contributed by atoms with E-state index in [1.807, 2.05) is 34.0 Å². The van der Waals surface area contributed by atoms with Crippen molar-refractivity contribution in [3.63, 3.8) is 0 Å². The monoisotopic (exact) mass is 339 g/mol. The van der Waals surface area contributed by atoms with Crippen molar-refractivity contribution in [2.75, 3.05) is 44.8 Å². The lowest BCUT2D eigenvalue weighted by atomic mass is 10.1. The summed E-state index contributed by atoms with van der Waals surface area (Å²) in [5.74, 6) is 1.08. The normalized spacial score (nSPS) is 16.3. The molecule has 1 atom stereocenters. The molecule has 1 aliphatic rings. The van der Waals surface area contributed by atoms with Gasteiger partial charge in [0.25, 0.3) is 0 Å². The van der Waals surface area contributed by atoms with Crippen LogP contribution in [0.3, 0.4) is 0 Å². The molecule has 1 aromatic rings. The van der Waals surface area contributed by atoms with E-state index in [-0.39, 0.29) is 18.0 Å². The number of thioether (sulfide) groups is 1.